The molecular weight excluding hydrogens is 252 g/mol. The predicted molar refractivity (Wildman–Crippen MR) is 79.7 cm³/mol. The van der Waals surface area contributed by atoms with E-state index in [0.29, 0.717) is 13.1 Å². The molecule has 1 heterocycles. The molecule has 2 amide bonds. The van der Waals surface area contributed by atoms with Crippen molar-refractivity contribution in [3.8, 4) is 0 Å². The average molecular weight is 270 g/mol. The van der Waals surface area contributed by atoms with Crippen molar-refractivity contribution in [2.24, 2.45) is 5.92 Å². The lowest BCUT2D eigenvalue weighted by atomic mass is 10.1. The topological polar surface area (TPSA) is 52.6 Å². The molecule has 1 aliphatic rings. The van der Waals surface area contributed by atoms with Gasteiger partial charge in [-0.15, -0.1) is 0 Å². The number of urea groups is 1. The van der Waals surface area contributed by atoms with E-state index in [1.54, 1.807) is 4.90 Å². The summed E-state index contributed by atoms with van der Waals surface area (Å²) in [6.07, 6.45) is 0.877. The van der Waals surface area contributed by atoms with Crippen LogP contribution < -0.4 is 5.32 Å². The molecule has 1 atom stereocenters. The first-order chi connectivity index (χ1) is 9.76. The van der Waals surface area contributed by atoms with Crippen LogP contribution in [-0.2, 0) is 0 Å². The molecule has 0 aromatic heterocycles. The van der Waals surface area contributed by atoms with Crippen molar-refractivity contribution >= 4 is 22.5 Å². The molecule has 2 aromatic rings. The maximum Gasteiger partial charge on any atom is 0.321 e. The SMILES string of the molecule is O=C(Nc1ccc2ccccc2c1)N1CCC(CO)C1. The van der Waals surface area contributed by atoms with Gasteiger partial charge in [0.15, 0.2) is 0 Å². The maximum atomic E-state index is 12.1. The minimum Gasteiger partial charge on any atom is -0.396 e. The molecule has 1 aliphatic heterocycles. The molecule has 104 valence electrons. The number of nitrogens with zero attached hydrogens (tertiary/aromatic N) is 1. The Kier molecular flexibility index (Phi) is 3.56. The Morgan fingerprint density at radius 1 is 1.25 bits per heavy atom. The first-order valence-corrected chi connectivity index (χ1v) is 6.92. The maximum absolute atomic E-state index is 12.1. The zero-order valence-corrected chi connectivity index (χ0v) is 11.2. The van der Waals surface area contributed by atoms with Gasteiger partial charge in [-0.25, -0.2) is 4.79 Å². The van der Waals surface area contributed by atoms with Gasteiger partial charge < -0.3 is 15.3 Å². The van der Waals surface area contributed by atoms with Gasteiger partial charge in [-0.05, 0) is 29.3 Å². The van der Waals surface area contributed by atoms with Gasteiger partial charge in [-0.2, -0.15) is 0 Å². The molecule has 0 saturated carbocycles. The predicted octanol–water partition coefficient (Wildman–Crippen LogP) is 2.69. The van der Waals surface area contributed by atoms with Crippen molar-refractivity contribution in [1.29, 1.82) is 0 Å². The minimum absolute atomic E-state index is 0.0868. The van der Waals surface area contributed by atoms with Crippen LogP contribution in [-0.4, -0.2) is 35.7 Å². The van der Waals surface area contributed by atoms with Crippen molar-refractivity contribution < 1.29 is 9.90 Å². The molecule has 0 radical (unpaired) electrons. The molecule has 4 nitrogen and oxygen atoms in total. The van der Waals surface area contributed by atoms with Gasteiger partial charge in [0, 0.05) is 31.3 Å². The molecule has 2 N–H and O–H groups in total. The van der Waals surface area contributed by atoms with Gasteiger partial charge in [-0.1, -0.05) is 30.3 Å². The first kappa shape index (κ1) is 12.9. The molecule has 0 spiro atoms. The Hall–Kier alpha value is -2.07. The zero-order chi connectivity index (χ0) is 13.9. The molecular formula is C16H18N2O2. The number of amides is 2. The molecule has 1 saturated heterocycles. The number of rotatable bonds is 2. The number of aliphatic hydroxyl groups is 1. The molecule has 1 unspecified atom stereocenters. The van der Waals surface area contributed by atoms with Crippen LogP contribution in [0.4, 0.5) is 10.5 Å². The first-order valence-electron chi connectivity index (χ1n) is 6.92. The van der Waals surface area contributed by atoms with Crippen LogP contribution in [0.2, 0.25) is 0 Å². The highest BCUT2D eigenvalue weighted by atomic mass is 16.3. The number of likely N-dealkylation sites (tertiary alicyclic amines) is 1. The van der Waals surface area contributed by atoms with Crippen molar-refractivity contribution in [2.75, 3.05) is 25.0 Å². The Labute approximate surface area is 118 Å². The third-order valence-corrected chi connectivity index (χ3v) is 3.83. The number of nitrogens with one attached hydrogen (secondary N) is 1. The number of carbonyl (C=O) groups excluding carboxylic acids is 1. The van der Waals surface area contributed by atoms with Crippen LogP contribution in [0.3, 0.4) is 0 Å². The van der Waals surface area contributed by atoms with Crippen molar-refractivity contribution in [3.05, 3.63) is 42.5 Å². The van der Waals surface area contributed by atoms with Gasteiger partial charge in [0.05, 0.1) is 0 Å². The summed E-state index contributed by atoms with van der Waals surface area (Å²) in [5, 5.41) is 14.3. The van der Waals surface area contributed by atoms with Crippen LogP contribution >= 0.6 is 0 Å². The number of fused-ring (bicyclic) bond motifs is 1. The van der Waals surface area contributed by atoms with E-state index in [2.05, 4.69) is 5.32 Å². The third kappa shape index (κ3) is 2.60. The van der Waals surface area contributed by atoms with Crippen LogP contribution in [0.15, 0.2) is 42.5 Å². The lowest BCUT2D eigenvalue weighted by molar-refractivity contribution is 0.209. The Morgan fingerprint density at radius 2 is 2.05 bits per heavy atom. The number of carbonyl (C=O) groups is 1. The summed E-state index contributed by atoms with van der Waals surface area (Å²) >= 11 is 0. The van der Waals surface area contributed by atoms with Crippen LogP contribution in [0.1, 0.15) is 6.42 Å². The normalized spacial score (nSPS) is 18.4. The van der Waals surface area contributed by atoms with Crippen molar-refractivity contribution in [3.63, 3.8) is 0 Å². The quantitative estimate of drug-likeness (QED) is 0.881. The number of hydrogen-bond donors (Lipinski definition) is 2. The van der Waals surface area contributed by atoms with E-state index in [9.17, 15) is 4.79 Å². The van der Waals surface area contributed by atoms with E-state index >= 15 is 0 Å². The summed E-state index contributed by atoms with van der Waals surface area (Å²) in [6.45, 7) is 1.50. The summed E-state index contributed by atoms with van der Waals surface area (Å²) in [5.74, 6) is 0.220. The second-order valence-electron chi connectivity index (χ2n) is 5.28. The van der Waals surface area contributed by atoms with Gasteiger partial charge >= 0.3 is 6.03 Å². The van der Waals surface area contributed by atoms with E-state index in [-0.39, 0.29) is 18.6 Å². The second kappa shape index (κ2) is 5.51. The van der Waals surface area contributed by atoms with E-state index in [0.717, 1.165) is 22.9 Å². The summed E-state index contributed by atoms with van der Waals surface area (Å²) in [6, 6.07) is 13.9. The lowest BCUT2D eigenvalue weighted by Crippen LogP contribution is -2.33. The molecule has 0 aliphatic carbocycles. The Morgan fingerprint density at radius 3 is 2.80 bits per heavy atom. The zero-order valence-electron chi connectivity index (χ0n) is 11.2. The highest BCUT2D eigenvalue weighted by molar-refractivity contribution is 5.93. The summed E-state index contributed by atoms with van der Waals surface area (Å²) in [5.41, 5.74) is 0.807. The lowest BCUT2D eigenvalue weighted by Gasteiger charge is -2.17. The van der Waals surface area contributed by atoms with E-state index in [1.807, 2.05) is 42.5 Å². The number of hydrogen-bond acceptors (Lipinski definition) is 2. The largest absolute Gasteiger partial charge is 0.396 e. The van der Waals surface area contributed by atoms with Crippen LogP contribution in [0, 0.1) is 5.92 Å². The fraction of sp³-hybridized carbons (Fsp3) is 0.312. The fourth-order valence-corrected chi connectivity index (χ4v) is 2.64. The molecule has 1 fully saturated rings. The summed E-state index contributed by atoms with van der Waals surface area (Å²) in [4.78, 5) is 13.9. The van der Waals surface area contributed by atoms with E-state index in [4.69, 9.17) is 5.11 Å². The van der Waals surface area contributed by atoms with Gasteiger partial charge in [0.1, 0.15) is 0 Å². The van der Waals surface area contributed by atoms with Crippen molar-refractivity contribution in [2.45, 2.75) is 6.42 Å². The Balaban J connectivity index is 1.71. The third-order valence-electron chi connectivity index (χ3n) is 3.83. The Bertz CT molecular complexity index is 627. The number of benzene rings is 2. The van der Waals surface area contributed by atoms with Crippen LogP contribution in [0.5, 0.6) is 0 Å². The molecule has 0 bridgehead atoms. The molecule has 20 heavy (non-hydrogen) atoms. The highest BCUT2D eigenvalue weighted by Crippen LogP contribution is 2.21. The second-order valence-corrected chi connectivity index (χ2v) is 5.28. The fourth-order valence-electron chi connectivity index (χ4n) is 2.64. The summed E-state index contributed by atoms with van der Waals surface area (Å²) < 4.78 is 0. The minimum atomic E-state index is -0.0868. The van der Waals surface area contributed by atoms with E-state index in [1.165, 1.54) is 0 Å². The monoisotopic (exact) mass is 270 g/mol. The summed E-state index contributed by atoms with van der Waals surface area (Å²) in [7, 11) is 0. The van der Waals surface area contributed by atoms with Gasteiger partial charge in [0.2, 0.25) is 0 Å². The number of aliphatic hydroxyl groups excluding tert-OH is 1. The standard InChI is InChI=1S/C16H18N2O2/c19-11-12-7-8-18(10-12)16(20)17-15-6-5-13-3-1-2-4-14(13)9-15/h1-6,9,12,19H,7-8,10-11H2,(H,17,20). The van der Waals surface area contributed by atoms with Crippen LogP contribution in [0.25, 0.3) is 10.8 Å². The molecule has 3 rings (SSSR count). The highest BCUT2D eigenvalue weighted by Gasteiger charge is 2.25. The van der Waals surface area contributed by atoms with Crippen molar-refractivity contribution in [1.82, 2.24) is 4.90 Å². The smallest absolute Gasteiger partial charge is 0.321 e. The molecule has 2 aromatic carbocycles. The van der Waals surface area contributed by atoms with E-state index < -0.39 is 0 Å². The molecule has 4 heteroatoms. The van der Waals surface area contributed by atoms with Gasteiger partial charge in [-0.3, -0.25) is 0 Å². The average Bonchev–Trinajstić information content (AvgIpc) is 2.96. The number of anilines is 1. The van der Waals surface area contributed by atoms with Gasteiger partial charge in [0.25, 0.3) is 0 Å².